The molecule has 1 fully saturated rings. The van der Waals surface area contributed by atoms with Gasteiger partial charge < -0.3 is 14.6 Å². The Morgan fingerprint density at radius 3 is 2.94 bits per heavy atom. The maximum absolute atomic E-state index is 14.1. The number of thioether (sulfide) groups is 1. The molecule has 1 saturated heterocycles. The largest absolute Gasteiger partial charge is 0.490 e. The van der Waals surface area contributed by atoms with Gasteiger partial charge in [0.25, 0.3) is 5.56 Å². The molecule has 2 aromatic heterocycles. The second kappa shape index (κ2) is 8.70. The number of ether oxygens (including phenoxy) is 1. The molecule has 3 aliphatic heterocycles. The lowest BCUT2D eigenvalue weighted by Crippen LogP contribution is -2.42. The van der Waals surface area contributed by atoms with E-state index in [2.05, 4.69) is 20.4 Å². The number of nitrogens with zero attached hydrogens (tertiary/aromatic N) is 4. The maximum atomic E-state index is 14.1. The van der Waals surface area contributed by atoms with Crippen LogP contribution in [0.5, 0.6) is 5.75 Å². The standard InChI is InChI=1S/C24H26FN5O2S/c25-20-2-1-15-11-16(24(31)30-8-5-19(20)22(15)30)14-29-6-3-17(4-7-29)26-13-18-12-21-23(28-27-18)33-10-9-32-21/h1-2,11-12,17,26H,3-10,13-14H2. The lowest BCUT2D eigenvalue weighted by Gasteiger charge is -2.32. The van der Waals surface area contributed by atoms with Gasteiger partial charge in [-0.25, -0.2) is 4.39 Å². The van der Waals surface area contributed by atoms with Crippen molar-refractivity contribution in [3.63, 3.8) is 0 Å². The molecule has 0 aliphatic carbocycles. The fourth-order valence-corrected chi connectivity index (χ4v) is 5.86. The Kier molecular flexibility index (Phi) is 5.55. The molecule has 9 heteroatoms. The van der Waals surface area contributed by atoms with Crippen LogP contribution in [-0.4, -0.2) is 51.2 Å². The van der Waals surface area contributed by atoms with Gasteiger partial charge in [-0.1, -0.05) is 11.8 Å². The second-order valence-corrected chi connectivity index (χ2v) is 10.1. The van der Waals surface area contributed by atoms with Crippen LogP contribution in [0.4, 0.5) is 4.39 Å². The van der Waals surface area contributed by atoms with E-state index >= 15 is 0 Å². The summed E-state index contributed by atoms with van der Waals surface area (Å²) in [5.74, 6) is 1.56. The van der Waals surface area contributed by atoms with Crippen LogP contribution in [-0.2, 0) is 26.1 Å². The number of nitrogens with one attached hydrogen (secondary N) is 1. The maximum Gasteiger partial charge on any atom is 0.255 e. The molecule has 7 nitrogen and oxygen atoms in total. The Morgan fingerprint density at radius 1 is 1.18 bits per heavy atom. The first-order valence-corrected chi connectivity index (χ1v) is 12.6. The highest BCUT2D eigenvalue weighted by Crippen LogP contribution is 2.31. The minimum atomic E-state index is -0.205. The van der Waals surface area contributed by atoms with Crippen LogP contribution in [0.25, 0.3) is 10.9 Å². The molecule has 1 N–H and O–H groups in total. The van der Waals surface area contributed by atoms with Crippen molar-refractivity contribution in [2.24, 2.45) is 0 Å². The third kappa shape index (κ3) is 4.02. The van der Waals surface area contributed by atoms with E-state index in [-0.39, 0.29) is 11.4 Å². The van der Waals surface area contributed by atoms with Crippen LogP contribution in [0.2, 0.25) is 0 Å². The highest BCUT2D eigenvalue weighted by Gasteiger charge is 2.24. The summed E-state index contributed by atoms with van der Waals surface area (Å²) in [6.45, 7) is 4.46. The fraction of sp³-hybridized carbons (Fsp3) is 0.458. The Bertz CT molecular complexity index is 1270. The average Bonchev–Trinajstić information content (AvgIpc) is 3.31. The predicted molar refractivity (Wildman–Crippen MR) is 125 cm³/mol. The lowest BCUT2D eigenvalue weighted by atomic mass is 10.0. The summed E-state index contributed by atoms with van der Waals surface area (Å²) in [5, 5.41) is 14.0. The number of hydrogen-bond acceptors (Lipinski definition) is 7. The number of rotatable bonds is 5. The van der Waals surface area contributed by atoms with Crippen LogP contribution >= 0.6 is 11.8 Å². The van der Waals surface area contributed by atoms with Gasteiger partial charge in [0.05, 0.1) is 17.8 Å². The average molecular weight is 468 g/mol. The SMILES string of the molecule is O=c1c(CN2CCC(NCc3cc4c(nn3)SCCO4)CC2)cc2ccc(F)c3c2n1CC3. The summed E-state index contributed by atoms with van der Waals surface area (Å²) >= 11 is 1.69. The van der Waals surface area contributed by atoms with Crippen molar-refractivity contribution in [2.75, 3.05) is 25.4 Å². The molecule has 6 rings (SSSR count). The molecule has 172 valence electrons. The number of hydrogen-bond donors (Lipinski definition) is 1. The zero-order valence-electron chi connectivity index (χ0n) is 18.3. The number of fused-ring (bicyclic) bond motifs is 1. The minimum absolute atomic E-state index is 0.0264. The van der Waals surface area contributed by atoms with E-state index < -0.39 is 0 Å². The van der Waals surface area contributed by atoms with Gasteiger partial charge in [-0.2, -0.15) is 5.10 Å². The van der Waals surface area contributed by atoms with Crippen molar-refractivity contribution in [1.29, 1.82) is 0 Å². The Hall–Kier alpha value is -2.49. The normalized spacial score (nSPS) is 18.5. The monoisotopic (exact) mass is 467 g/mol. The van der Waals surface area contributed by atoms with Gasteiger partial charge >= 0.3 is 0 Å². The van der Waals surface area contributed by atoms with Crippen LogP contribution in [0.3, 0.4) is 0 Å². The molecular weight excluding hydrogens is 441 g/mol. The summed E-state index contributed by atoms with van der Waals surface area (Å²) in [7, 11) is 0. The first kappa shape index (κ1) is 21.1. The summed E-state index contributed by atoms with van der Waals surface area (Å²) < 4.78 is 21.5. The minimum Gasteiger partial charge on any atom is -0.490 e. The molecule has 0 unspecified atom stereocenters. The summed E-state index contributed by atoms with van der Waals surface area (Å²) in [6.07, 6.45) is 2.63. The van der Waals surface area contributed by atoms with Gasteiger partial charge in [0.2, 0.25) is 0 Å². The third-order valence-electron chi connectivity index (χ3n) is 6.87. The van der Waals surface area contributed by atoms with Gasteiger partial charge in [-0.3, -0.25) is 9.69 Å². The molecule has 3 aromatic rings. The summed E-state index contributed by atoms with van der Waals surface area (Å²) in [4.78, 5) is 15.4. The molecular formula is C24H26FN5O2S. The van der Waals surface area contributed by atoms with Crippen molar-refractivity contribution in [1.82, 2.24) is 25.0 Å². The summed E-state index contributed by atoms with van der Waals surface area (Å²) in [5.41, 5.74) is 3.18. The van der Waals surface area contributed by atoms with E-state index in [1.807, 2.05) is 12.1 Å². The molecule has 33 heavy (non-hydrogen) atoms. The van der Waals surface area contributed by atoms with Crippen molar-refractivity contribution in [3.05, 3.63) is 57.3 Å². The second-order valence-electron chi connectivity index (χ2n) is 8.97. The van der Waals surface area contributed by atoms with Crippen molar-refractivity contribution in [3.8, 4) is 5.75 Å². The zero-order chi connectivity index (χ0) is 22.4. The van der Waals surface area contributed by atoms with E-state index in [1.54, 1.807) is 22.4 Å². The number of halogens is 1. The molecule has 0 bridgehead atoms. The van der Waals surface area contributed by atoms with Gasteiger partial charge in [0, 0.05) is 48.6 Å². The molecule has 5 heterocycles. The lowest BCUT2D eigenvalue weighted by molar-refractivity contribution is 0.189. The first-order chi connectivity index (χ1) is 16.2. The highest BCUT2D eigenvalue weighted by atomic mass is 32.2. The van der Waals surface area contributed by atoms with Gasteiger partial charge in [0.1, 0.15) is 5.82 Å². The number of pyridine rings is 1. The Morgan fingerprint density at radius 2 is 2.06 bits per heavy atom. The van der Waals surface area contributed by atoms with E-state index in [0.29, 0.717) is 37.7 Å². The molecule has 3 aliphatic rings. The quantitative estimate of drug-likeness (QED) is 0.619. The van der Waals surface area contributed by atoms with Gasteiger partial charge in [-0.15, -0.1) is 5.10 Å². The zero-order valence-corrected chi connectivity index (χ0v) is 19.2. The molecule has 0 spiro atoms. The van der Waals surface area contributed by atoms with Gasteiger partial charge in [0.15, 0.2) is 10.8 Å². The summed E-state index contributed by atoms with van der Waals surface area (Å²) in [6, 6.07) is 7.68. The number of aryl methyl sites for hydroxylation is 2. The van der Waals surface area contributed by atoms with Crippen molar-refractivity contribution in [2.45, 2.75) is 50.0 Å². The van der Waals surface area contributed by atoms with E-state index in [9.17, 15) is 9.18 Å². The fourth-order valence-electron chi connectivity index (χ4n) is 5.14. The van der Waals surface area contributed by atoms with Crippen LogP contribution in [0, 0.1) is 5.82 Å². The van der Waals surface area contributed by atoms with Crippen LogP contribution in [0.1, 0.15) is 29.7 Å². The van der Waals surface area contributed by atoms with Crippen molar-refractivity contribution >= 4 is 22.7 Å². The first-order valence-electron chi connectivity index (χ1n) is 11.6. The molecule has 1 aromatic carbocycles. The third-order valence-corrected chi connectivity index (χ3v) is 7.80. The Balaban J connectivity index is 1.07. The van der Waals surface area contributed by atoms with E-state index in [0.717, 1.165) is 71.2 Å². The van der Waals surface area contributed by atoms with Crippen LogP contribution < -0.4 is 15.6 Å². The molecule has 0 saturated carbocycles. The van der Waals surface area contributed by atoms with E-state index in [1.165, 1.54) is 6.07 Å². The van der Waals surface area contributed by atoms with E-state index in [4.69, 9.17) is 4.74 Å². The van der Waals surface area contributed by atoms with Gasteiger partial charge in [-0.05, 0) is 55.9 Å². The smallest absolute Gasteiger partial charge is 0.255 e. The topological polar surface area (TPSA) is 72.3 Å². The number of aromatic nitrogens is 3. The van der Waals surface area contributed by atoms with Crippen molar-refractivity contribution < 1.29 is 9.13 Å². The highest BCUT2D eigenvalue weighted by molar-refractivity contribution is 7.99. The predicted octanol–water partition coefficient (Wildman–Crippen LogP) is 2.73. The molecule has 0 atom stereocenters. The molecule has 0 radical (unpaired) electrons. The number of piperidine rings is 1. The van der Waals surface area contributed by atoms with Crippen LogP contribution in [0.15, 0.2) is 34.1 Å². The Labute approximate surface area is 195 Å². The number of benzene rings is 1. The molecule has 0 amide bonds. The number of likely N-dealkylation sites (tertiary alicyclic amines) is 1.